The molecule has 122 valence electrons. The van der Waals surface area contributed by atoms with E-state index in [1.807, 2.05) is 6.07 Å². The Morgan fingerprint density at radius 3 is 2.22 bits per heavy atom. The van der Waals surface area contributed by atoms with Gasteiger partial charge in [-0.3, -0.25) is 0 Å². The smallest absolute Gasteiger partial charge is 0.167 e. The standard InChI is InChI=1S/C19H25N3S/c1-15-9-11-17(12-10-15)18(16-7-5-4-6-8-16)21-19(23)20-13-14-22(2)3/h4-12,18H,13-14H2,1-3H3,(H2,20,21,23)/t18-/m1/s1. The van der Waals surface area contributed by atoms with Gasteiger partial charge in [0.2, 0.25) is 0 Å². The highest BCUT2D eigenvalue weighted by Crippen LogP contribution is 2.22. The lowest BCUT2D eigenvalue weighted by Gasteiger charge is -2.22. The maximum absolute atomic E-state index is 5.47. The van der Waals surface area contributed by atoms with Gasteiger partial charge in [-0.1, -0.05) is 60.2 Å². The molecule has 0 unspecified atom stereocenters. The first kappa shape index (κ1) is 17.4. The normalized spacial score (nSPS) is 12.0. The summed E-state index contributed by atoms with van der Waals surface area (Å²) >= 11 is 5.47. The monoisotopic (exact) mass is 327 g/mol. The Labute approximate surface area is 144 Å². The van der Waals surface area contributed by atoms with Crippen molar-refractivity contribution < 1.29 is 0 Å². The van der Waals surface area contributed by atoms with Crippen molar-refractivity contribution in [1.82, 2.24) is 15.5 Å². The van der Waals surface area contributed by atoms with E-state index in [1.165, 1.54) is 16.7 Å². The number of hydrogen-bond donors (Lipinski definition) is 2. The summed E-state index contributed by atoms with van der Waals surface area (Å²) in [5.74, 6) is 0. The molecule has 2 aromatic carbocycles. The van der Waals surface area contributed by atoms with Crippen LogP contribution in [0.3, 0.4) is 0 Å². The van der Waals surface area contributed by atoms with E-state index in [2.05, 4.69) is 85.1 Å². The van der Waals surface area contributed by atoms with Gasteiger partial charge < -0.3 is 15.5 Å². The van der Waals surface area contributed by atoms with Gasteiger partial charge in [0.25, 0.3) is 0 Å². The zero-order chi connectivity index (χ0) is 16.7. The van der Waals surface area contributed by atoms with Crippen LogP contribution in [0.4, 0.5) is 0 Å². The highest BCUT2D eigenvalue weighted by atomic mass is 32.1. The van der Waals surface area contributed by atoms with Gasteiger partial charge in [-0.15, -0.1) is 0 Å². The van der Waals surface area contributed by atoms with Crippen molar-refractivity contribution in [3.63, 3.8) is 0 Å². The molecule has 3 nitrogen and oxygen atoms in total. The van der Waals surface area contributed by atoms with Gasteiger partial charge in [0.05, 0.1) is 6.04 Å². The van der Waals surface area contributed by atoms with E-state index in [9.17, 15) is 0 Å². The number of nitrogens with zero attached hydrogens (tertiary/aromatic N) is 1. The number of benzene rings is 2. The van der Waals surface area contributed by atoms with Crippen molar-refractivity contribution in [2.75, 3.05) is 27.2 Å². The van der Waals surface area contributed by atoms with Crippen LogP contribution >= 0.6 is 12.2 Å². The van der Waals surface area contributed by atoms with Crippen LogP contribution < -0.4 is 10.6 Å². The first-order valence-electron chi connectivity index (χ1n) is 7.87. The Bertz CT molecular complexity index is 608. The minimum absolute atomic E-state index is 0.0520. The molecule has 0 bridgehead atoms. The number of thiocarbonyl (C=S) groups is 1. The Kier molecular flexibility index (Phi) is 6.56. The summed E-state index contributed by atoms with van der Waals surface area (Å²) < 4.78 is 0. The summed E-state index contributed by atoms with van der Waals surface area (Å²) in [6, 6.07) is 19.0. The fraction of sp³-hybridized carbons (Fsp3) is 0.316. The van der Waals surface area contributed by atoms with Crippen LogP contribution in [0.5, 0.6) is 0 Å². The number of hydrogen-bond acceptors (Lipinski definition) is 2. The summed E-state index contributed by atoms with van der Waals surface area (Å²) in [4.78, 5) is 2.13. The molecular formula is C19H25N3S. The van der Waals surface area contributed by atoms with Gasteiger partial charge in [-0.2, -0.15) is 0 Å². The van der Waals surface area contributed by atoms with Crippen LogP contribution in [-0.4, -0.2) is 37.2 Å². The van der Waals surface area contributed by atoms with Gasteiger partial charge in [-0.25, -0.2) is 0 Å². The summed E-state index contributed by atoms with van der Waals surface area (Å²) in [5, 5.41) is 7.40. The number of nitrogens with one attached hydrogen (secondary N) is 2. The highest BCUT2D eigenvalue weighted by Gasteiger charge is 2.14. The lowest BCUT2D eigenvalue weighted by atomic mass is 9.98. The predicted molar refractivity (Wildman–Crippen MR) is 102 cm³/mol. The van der Waals surface area contributed by atoms with E-state index in [0.717, 1.165) is 13.1 Å². The number of likely N-dealkylation sites (N-methyl/N-ethyl adjacent to an activating group) is 1. The highest BCUT2D eigenvalue weighted by molar-refractivity contribution is 7.80. The van der Waals surface area contributed by atoms with Crippen molar-refractivity contribution in [2.45, 2.75) is 13.0 Å². The second kappa shape index (κ2) is 8.65. The van der Waals surface area contributed by atoms with Crippen LogP contribution in [0, 0.1) is 6.92 Å². The summed E-state index contributed by atoms with van der Waals surface area (Å²) in [6.45, 7) is 3.87. The average molecular weight is 327 g/mol. The largest absolute Gasteiger partial charge is 0.361 e. The molecule has 0 heterocycles. The maximum Gasteiger partial charge on any atom is 0.167 e. The van der Waals surface area contributed by atoms with Crippen LogP contribution in [0.1, 0.15) is 22.7 Å². The minimum atomic E-state index is 0.0520. The second-order valence-corrected chi connectivity index (χ2v) is 6.37. The first-order valence-corrected chi connectivity index (χ1v) is 8.27. The molecule has 4 heteroatoms. The topological polar surface area (TPSA) is 27.3 Å². The zero-order valence-electron chi connectivity index (χ0n) is 14.0. The molecule has 0 aliphatic carbocycles. The summed E-state index contributed by atoms with van der Waals surface area (Å²) in [6.07, 6.45) is 0. The van der Waals surface area contributed by atoms with Gasteiger partial charge in [0.15, 0.2) is 5.11 Å². The quantitative estimate of drug-likeness (QED) is 0.797. The van der Waals surface area contributed by atoms with Crippen molar-refractivity contribution >= 4 is 17.3 Å². The summed E-state index contributed by atoms with van der Waals surface area (Å²) in [5.41, 5.74) is 3.67. The van der Waals surface area contributed by atoms with E-state index in [-0.39, 0.29) is 6.04 Å². The van der Waals surface area contributed by atoms with E-state index >= 15 is 0 Å². The van der Waals surface area contributed by atoms with Crippen molar-refractivity contribution in [2.24, 2.45) is 0 Å². The number of aryl methyl sites for hydroxylation is 1. The fourth-order valence-electron chi connectivity index (χ4n) is 2.34. The lowest BCUT2D eigenvalue weighted by Crippen LogP contribution is -2.40. The van der Waals surface area contributed by atoms with Crippen molar-refractivity contribution in [3.8, 4) is 0 Å². The Morgan fingerprint density at radius 2 is 1.61 bits per heavy atom. The van der Waals surface area contributed by atoms with Crippen LogP contribution in [0.15, 0.2) is 54.6 Å². The third-order valence-corrected chi connectivity index (χ3v) is 3.93. The molecule has 0 amide bonds. The molecule has 0 fully saturated rings. The Hall–Kier alpha value is -1.91. The van der Waals surface area contributed by atoms with Crippen LogP contribution in [0.2, 0.25) is 0 Å². The van der Waals surface area contributed by atoms with Crippen LogP contribution in [-0.2, 0) is 0 Å². The third-order valence-electron chi connectivity index (χ3n) is 3.66. The summed E-state index contributed by atoms with van der Waals surface area (Å²) in [7, 11) is 4.11. The van der Waals surface area contributed by atoms with Gasteiger partial charge in [-0.05, 0) is 44.4 Å². The Balaban J connectivity index is 2.11. The van der Waals surface area contributed by atoms with Crippen LogP contribution in [0.25, 0.3) is 0 Å². The number of rotatable bonds is 6. The van der Waals surface area contributed by atoms with Gasteiger partial charge in [0, 0.05) is 13.1 Å². The molecule has 0 saturated heterocycles. The third kappa shape index (κ3) is 5.66. The Morgan fingerprint density at radius 1 is 1.00 bits per heavy atom. The molecule has 0 aliphatic rings. The zero-order valence-corrected chi connectivity index (χ0v) is 14.9. The second-order valence-electron chi connectivity index (χ2n) is 5.96. The minimum Gasteiger partial charge on any atom is -0.361 e. The molecule has 0 spiro atoms. The maximum atomic E-state index is 5.47. The van der Waals surface area contributed by atoms with Gasteiger partial charge >= 0.3 is 0 Å². The first-order chi connectivity index (χ1) is 11.1. The molecule has 1 atom stereocenters. The SMILES string of the molecule is Cc1ccc([C@H](NC(=S)NCCN(C)C)c2ccccc2)cc1. The van der Waals surface area contributed by atoms with Gasteiger partial charge in [0.1, 0.15) is 0 Å². The molecule has 0 aromatic heterocycles. The molecule has 0 aliphatic heterocycles. The van der Waals surface area contributed by atoms with E-state index in [0.29, 0.717) is 5.11 Å². The fourth-order valence-corrected chi connectivity index (χ4v) is 2.56. The van der Waals surface area contributed by atoms with E-state index in [4.69, 9.17) is 12.2 Å². The molecule has 2 rings (SSSR count). The predicted octanol–water partition coefficient (Wildman–Crippen LogP) is 3.11. The lowest BCUT2D eigenvalue weighted by molar-refractivity contribution is 0.412. The molecule has 23 heavy (non-hydrogen) atoms. The van der Waals surface area contributed by atoms with Crippen molar-refractivity contribution in [3.05, 3.63) is 71.3 Å². The van der Waals surface area contributed by atoms with Crippen molar-refractivity contribution in [1.29, 1.82) is 0 Å². The molecule has 0 saturated carbocycles. The average Bonchev–Trinajstić information content (AvgIpc) is 2.54. The molecule has 2 N–H and O–H groups in total. The van der Waals surface area contributed by atoms with E-state index < -0.39 is 0 Å². The molecule has 2 aromatic rings. The van der Waals surface area contributed by atoms with E-state index in [1.54, 1.807) is 0 Å². The molecular weight excluding hydrogens is 302 g/mol. The molecule has 0 radical (unpaired) electrons.